The van der Waals surface area contributed by atoms with Crippen LogP contribution in [-0.4, -0.2) is 78.5 Å². The van der Waals surface area contributed by atoms with Crippen LogP contribution in [0.15, 0.2) is 54.1 Å². The molecular weight excluding hydrogens is 532 g/mol. The number of aliphatic hydroxyl groups is 2. The van der Waals surface area contributed by atoms with Gasteiger partial charge in [0, 0.05) is 29.8 Å². The molecule has 3 aliphatic rings. The molecule has 0 bridgehead atoms. The number of fused-ring (bicyclic) bond motifs is 4. The van der Waals surface area contributed by atoms with Crippen LogP contribution in [0.1, 0.15) is 40.7 Å². The Labute approximate surface area is 236 Å². The molecule has 0 saturated carbocycles. The number of methoxy groups -OCH3 is 1. The second-order valence-corrected chi connectivity index (χ2v) is 9.87. The fraction of sp³-hybridized carbons (Fsp3) is 0.367. The summed E-state index contributed by atoms with van der Waals surface area (Å²) in [7, 11) is 1.44. The highest BCUT2D eigenvalue weighted by molar-refractivity contribution is 5.97. The van der Waals surface area contributed by atoms with Crippen LogP contribution in [0.5, 0.6) is 23.0 Å². The van der Waals surface area contributed by atoms with Crippen molar-refractivity contribution in [3.8, 4) is 23.0 Å². The van der Waals surface area contributed by atoms with E-state index in [1.807, 2.05) is 13.0 Å². The zero-order chi connectivity index (χ0) is 29.1. The molecule has 3 N–H and O–H groups in total. The van der Waals surface area contributed by atoms with Crippen molar-refractivity contribution >= 4 is 18.1 Å². The van der Waals surface area contributed by atoms with Crippen molar-refractivity contribution in [2.24, 2.45) is 0 Å². The molecule has 0 fully saturated rings. The average Bonchev–Trinajstić information content (AvgIpc) is 3.62. The third-order valence-corrected chi connectivity index (χ3v) is 7.34. The highest BCUT2D eigenvalue weighted by Gasteiger charge is 2.51. The van der Waals surface area contributed by atoms with Crippen LogP contribution >= 0.6 is 0 Å². The van der Waals surface area contributed by atoms with Gasteiger partial charge in [0.1, 0.15) is 18.5 Å². The minimum Gasteiger partial charge on any atom is -0.493 e. The number of benzene rings is 2. The van der Waals surface area contributed by atoms with E-state index in [0.717, 1.165) is 5.56 Å². The lowest BCUT2D eigenvalue weighted by Gasteiger charge is -2.40. The number of nitrogens with one attached hydrogen (secondary N) is 1. The molecule has 1 aliphatic carbocycles. The van der Waals surface area contributed by atoms with Crippen molar-refractivity contribution in [2.75, 3.05) is 27.1 Å². The van der Waals surface area contributed by atoms with E-state index in [1.165, 1.54) is 24.2 Å². The Morgan fingerprint density at radius 3 is 2.73 bits per heavy atom. The molecule has 41 heavy (non-hydrogen) atoms. The SMILES string of the molecule is CCC=CC(=O)N(Cc1ccc2c(c1)OCO2)C1C=C(C(=O)NCCO)C2c3cc(C=O)cc(OC)c3OC2C1O. The number of hydrogen-bond acceptors (Lipinski definition) is 9. The Morgan fingerprint density at radius 2 is 2.00 bits per heavy atom. The molecular formula is C30H32N2O9. The molecule has 0 radical (unpaired) electrons. The number of ether oxygens (including phenoxy) is 4. The molecule has 11 nitrogen and oxygen atoms in total. The Morgan fingerprint density at radius 1 is 1.20 bits per heavy atom. The summed E-state index contributed by atoms with van der Waals surface area (Å²) in [5, 5.41) is 23.7. The first-order chi connectivity index (χ1) is 19.9. The fourth-order valence-electron chi connectivity index (χ4n) is 5.44. The first-order valence-corrected chi connectivity index (χ1v) is 13.4. The molecule has 0 aromatic heterocycles. The monoisotopic (exact) mass is 564 g/mol. The smallest absolute Gasteiger partial charge is 0.247 e. The lowest BCUT2D eigenvalue weighted by atomic mass is 9.77. The largest absolute Gasteiger partial charge is 0.493 e. The van der Waals surface area contributed by atoms with E-state index in [1.54, 1.807) is 30.4 Å². The van der Waals surface area contributed by atoms with Gasteiger partial charge < -0.3 is 39.4 Å². The van der Waals surface area contributed by atoms with Gasteiger partial charge in [-0.3, -0.25) is 14.4 Å². The Bertz CT molecular complexity index is 1400. The molecule has 11 heteroatoms. The van der Waals surface area contributed by atoms with Crippen LogP contribution in [0, 0.1) is 0 Å². The van der Waals surface area contributed by atoms with Gasteiger partial charge in [0.25, 0.3) is 0 Å². The number of aldehydes is 1. The maximum absolute atomic E-state index is 13.5. The van der Waals surface area contributed by atoms with Crippen molar-refractivity contribution in [1.29, 1.82) is 0 Å². The van der Waals surface area contributed by atoms with Gasteiger partial charge in [0.2, 0.25) is 18.6 Å². The van der Waals surface area contributed by atoms with E-state index >= 15 is 0 Å². The number of rotatable bonds is 10. The molecule has 0 saturated heterocycles. The summed E-state index contributed by atoms with van der Waals surface area (Å²) in [5.74, 6) is 0.145. The lowest BCUT2D eigenvalue weighted by Crippen LogP contribution is -2.55. The van der Waals surface area contributed by atoms with Crippen LogP contribution in [0.25, 0.3) is 0 Å². The van der Waals surface area contributed by atoms with Gasteiger partial charge in [-0.15, -0.1) is 0 Å². The summed E-state index contributed by atoms with van der Waals surface area (Å²) in [6, 6.07) is 7.50. The van der Waals surface area contributed by atoms with Crippen LogP contribution in [0.2, 0.25) is 0 Å². The topological polar surface area (TPSA) is 144 Å². The zero-order valence-corrected chi connectivity index (χ0v) is 22.7. The first kappa shape index (κ1) is 28.2. The van der Waals surface area contributed by atoms with Crippen molar-refractivity contribution in [3.63, 3.8) is 0 Å². The summed E-state index contributed by atoms with van der Waals surface area (Å²) in [5.41, 5.74) is 1.81. The van der Waals surface area contributed by atoms with Crippen LogP contribution in [0.3, 0.4) is 0 Å². The highest BCUT2D eigenvalue weighted by Crippen LogP contribution is 2.51. The average molecular weight is 565 g/mol. The molecule has 2 aliphatic heterocycles. The van der Waals surface area contributed by atoms with Gasteiger partial charge >= 0.3 is 0 Å². The molecule has 2 amide bonds. The maximum atomic E-state index is 13.5. The Hall–Kier alpha value is -4.35. The minimum absolute atomic E-state index is 0.00523. The molecule has 4 unspecified atom stereocenters. The van der Waals surface area contributed by atoms with Gasteiger partial charge in [0.05, 0.1) is 25.7 Å². The number of amides is 2. The molecule has 2 heterocycles. The lowest BCUT2D eigenvalue weighted by molar-refractivity contribution is -0.133. The number of carbonyl (C=O) groups excluding carboxylic acids is 3. The minimum atomic E-state index is -1.25. The van der Waals surface area contributed by atoms with Gasteiger partial charge in [-0.1, -0.05) is 19.1 Å². The van der Waals surface area contributed by atoms with Gasteiger partial charge in [-0.05, 0) is 48.4 Å². The van der Waals surface area contributed by atoms with Crippen LogP contribution < -0.4 is 24.3 Å². The van der Waals surface area contributed by atoms with Crippen molar-refractivity contribution in [1.82, 2.24) is 10.2 Å². The summed E-state index contributed by atoms with van der Waals surface area (Å²) in [6.45, 7) is 1.83. The Kier molecular flexibility index (Phi) is 8.27. The number of nitrogens with zero attached hydrogens (tertiary/aromatic N) is 1. The summed E-state index contributed by atoms with van der Waals surface area (Å²) in [4.78, 5) is 40.1. The van der Waals surface area contributed by atoms with Gasteiger partial charge in [-0.2, -0.15) is 0 Å². The van der Waals surface area contributed by atoms with Crippen molar-refractivity contribution in [3.05, 3.63) is 70.8 Å². The van der Waals surface area contributed by atoms with E-state index < -0.39 is 30.1 Å². The van der Waals surface area contributed by atoms with Crippen LogP contribution in [-0.2, 0) is 16.1 Å². The molecule has 2 aromatic rings. The molecule has 5 rings (SSSR count). The van der Waals surface area contributed by atoms with E-state index in [0.29, 0.717) is 41.1 Å². The predicted molar refractivity (Wildman–Crippen MR) is 146 cm³/mol. The zero-order valence-electron chi connectivity index (χ0n) is 22.7. The predicted octanol–water partition coefficient (Wildman–Crippen LogP) is 1.85. The third-order valence-electron chi connectivity index (χ3n) is 7.34. The van der Waals surface area contributed by atoms with Crippen molar-refractivity contribution in [2.45, 2.75) is 44.1 Å². The van der Waals surface area contributed by atoms with Gasteiger partial charge in [-0.25, -0.2) is 0 Å². The van der Waals surface area contributed by atoms with Crippen molar-refractivity contribution < 1.29 is 43.5 Å². The molecule has 2 aromatic carbocycles. The molecule has 4 atom stereocenters. The van der Waals surface area contributed by atoms with E-state index in [4.69, 9.17) is 18.9 Å². The van der Waals surface area contributed by atoms with Gasteiger partial charge in [0.15, 0.2) is 23.0 Å². The summed E-state index contributed by atoms with van der Waals surface area (Å²) >= 11 is 0. The number of hydrogen-bond donors (Lipinski definition) is 3. The van der Waals surface area contributed by atoms with E-state index in [9.17, 15) is 24.6 Å². The second-order valence-electron chi connectivity index (χ2n) is 9.87. The maximum Gasteiger partial charge on any atom is 0.247 e. The fourth-order valence-corrected chi connectivity index (χ4v) is 5.44. The van der Waals surface area contributed by atoms with E-state index in [2.05, 4.69) is 5.32 Å². The van der Waals surface area contributed by atoms with E-state index in [-0.39, 0.29) is 43.7 Å². The molecule has 216 valence electrons. The summed E-state index contributed by atoms with van der Waals surface area (Å²) in [6.07, 6.45) is 3.81. The number of allylic oxidation sites excluding steroid dienone is 1. The molecule has 0 spiro atoms. The Balaban J connectivity index is 1.59. The highest BCUT2D eigenvalue weighted by atomic mass is 16.7. The van der Waals surface area contributed by atoms with Crippen LogP contribution in [0.4, 0.5) is 0 Å². The quantitative estimate of drug-likeness (QED) is 0.291. The number of carbonyl (C=O) groups is 3. The standard InChI is InChI=1S/C30H32N2O9/c1-3-4-5-25(35)32(14-17-6-7-22-23(11-17)40-16-39-22)21-13-20(30(37)31-8-9-33)26-19-10-18(15-34)12-24(38-2)28(19)41-29(26)27(21)36/h4-7,10-13,15,21,26-27,29,33,36H,3,8-9,14,16H2,1-2H3,(H,31,37). The third kappa shape index (κ3) is 5.38. The second kappa shape index (κ2) is 12.0. The summed E-state index contributed by atoms with van der Waals surface area (Å²) < 4.78 is 22.6. The number of aliphatic hydroxyl groups excluding tert-OH is 2. The normalized spacial score (nSPS) is 21.9. The first-order valence-electron chi connectivity index (χ1n) is 13.4.